The third kappa shape index (κ3) is 6.33. The van der Waals surface area contributed by atoms with Gasteiger partial charge in [-0.15, -0.1) is 0 Å². The lowest BCUT2D eigenvalue weighted by Crippen LogP contribution is -2.49. The van der Waals surface area contributed by atoms with Crippen molar-refractivity contribution in [2.75, 3.05) is 26.8 Å². The molecular formula is C13H29N3O2. The van der Waals surface area contributed by atoms with Crippen LogP contribution in [0.4, 0.5) is 0 Å². The minimum absolute atomic E-state index is 0.417. The third-order valence-corrected chi connectivity index (χ3v) is 3.39. The number of unbranched alkanes of at least 4 members (excludes halogenated alkanes) is 1. The number of nitrogens with zero attached hydrogens (tertiary/aromatic N) is 1. The summed E-state index contributed by atoms with van der Waals surface area (Å²) in [4.78, 5) is 13.4. The van der Waals surface area contributed by atoms with E-state index in [0.29, 0.717) is 12.5 Å². The van der Waals surface area contributed by atoms with Crippen molar-refractivity contribution in [3.63, 3.8) is 0 Å². The van der Waals surface area contributed by atoms with Gasteiger partial charge in [0.05, 0.1) is 12.1 Å². The van der Waals surface area contributed by atoms with Gasteiger partial charge in [-0.2, -0.15) is 0 Å². The Morgan fingerprint density at radius 2 is 2.06 bits per heavy atom. The fourth-order valence-corrected chi connectivity index (χ4v) is 1.97. The van der Waals surface area contributed by atoms with Crippen LogP contribution >= 0.6 is 0 Å². The molecule has 18 heavy (non-hydrogen) atoms. The van der Waals surface area contributed by atoms with Gasteiger partial charge >= 0.3 is 0 Å². The quantitative estimate of drug-likeness (QED) is 0.566. The van der Waals surface area contributed by atoms with Crippen LogP contribution in [0.25, 0.3) is 0 Å². The van der Waals surface area contributed by atoms with E-state index in [9.17, 15) is 4.79 Å². The zero-order valence-electron chi connectivity index (χ0n) is 12.2. The summed E-state index contributed by atoms with van der Waals surface area (Å²) in [5.74, 6) is -0.428. The Bertz CT molecular complexity index is 244. The Labute approximate surface area is 111 Å². The van der Waals surface area contributed by atoms with Crippen molar-refractivity contribution < 1.29 is 9.53 Å². The van der Waals surface area contributed by atoms with Crippen LogP contribution in [0.1, 0.15) is 40.0 Å². The van der Waals surface area contributed by atoms with Crippen LogP contribution in [-0.2, 0) is 9.53 Å². The van der Waals surface area contributed by atoms with Crippen LogP contribution in [0.3, 0.4) is 0 Å². The van der Waals surface area contributed by atoms with Crippen molar-refractivity contribution in [2.45, 2.75) is 51.6 Å². The van der Waals surface area contributed by atoms with Gasteiger partial charge in [-0.25, -0.2) is 0 Å². The van der Waals surface area contributed by atoms with E-state index < -0.39 is 11.4 Å². The second-order valence-electron chi connectivity index (χ2n) is 5.17. The fourth-order valence-electron chi connectivity index (χ4n) is 1.97. The van der Waals surface area contributed by atoms with E-state index in [0.717, 1.165) is 32.5 Å². The molecule has 0 saturated heterocycles. The van der Waals surface area contributed by atoms with Crippen molar-refractivity contribution in [1.82, 2.24) is 4.90 Å². The Morgan fingerprint density at radius 1 is 1.44 bits per heavy atom. The van der Waals surface area contributed by atoms with E-state index in [1.165, 1.54) is 0 Å². The molecule has 0 bridgehead atoms. The Hall–Kier alpha value is -0.650. The van der Waals surface area contributed by atoms with Crippen molar-refractivity contribution in [3.8, 4) is 0 Å². The van der Waals surface area contributed by atoms with Crippen LogP contribution in [0, 0.1) is 0 Å². The summed E-state index contributed by atoms with van der Waals surface area (Å²) in [5, 5.41) is 0. The zero-order chi connectivity index (χ0) is 14.2. The zero-order valence-corrected chi connectivity index (χ0v) is 12.2. The van der Waals surface area contributed by atoms with E-state index in [1.807, 2.05) is 0 Å². The Balaban J connectivity index is 3.91. The van der Waals surface area contributed by atoms with E-state index in [-0.39, 0.29) is 0 Å². The first-order valence-electron chi connectivity index (χ1n) is 6.67. The molecule has 0 aromatic carbocycles. The molecule has 0 heterocycles. The lowest BCUT2D eigenvalue weighted by molar-refractivity contribution is -0.122. The number of carbonyl (C=O) groups excluding carboxylic acids is 1. The standard InChI is InChI=1S/C13H29N3O2/c1-5-16(11(2)10-18-4)9-7-6-8-13(3,15)12(14)17/h11H,5-10,15H2,1-4H3,(H2,14,17). The number of likely N-dealkylation sites (N-methyl/N-ethyl adjacent to an activating group) is 1. The first kappa shape index (κ1) is 17.4. The molecule has 0 aromatic rings. The molecule has 0 aliphatic rings. The number of amides is 1. The molecule has 4 N–H and O–H groups in total. The number of primary amides is 1. The number of rotatable bonds is 10. The molecule has 0 aliphatic carbocycles. The molecular weight excluding hydrogens is 230 g/mol. The smallest absolute Gasteiger partial charge is 0.237 e. The van der Waals surface area contributed by atoms with E-state index >= 15 is 0 Å². The number of nitrogens with two attached hydrogens (primary N) is 2. The van der Waals surface area contributed by atoms with Gasteiger partial charge in [0.2, 0.25) is 5.91 Å². The maximum absolute atomic E-state index is 11.1. The average Bonchev–Trinajstić information content (AvgIpc) is 2.29. The van der Waals surface area contributed by atoms with Crippen molar-refractivity contribution in [1.29, 1.82) is 0 Å². The minimum Gasteiger partial charge on any atom is -0.383 e. The predicted molar refractivity (Wildman–Crippen MR) is 74.2 cm³/mol. The van der Waals surface area contributed by atoms with Gasteiger partial charge in [-0.1, -0.05) is 6.92 Å². The molecule has 1 amide bonds. The van der Waals surface area contributed by atoms with Crippen LogP contribution < -0.4 is 11.5 Å². The lowest BCUT2D eigenvalue weighted by atomic mass is 9.95. The van der Waals surface area contributed by atoms with Crippen molar-refractivity contribution >= 4 is 5.91 Å². The maximum atomic E-state index is 11.1. The molecule has 5 heteroatoms. The van der Waals surface area contributed by atoms with Gasteiger partial charge in [-0.3, -0.25) is 9.69 Å². The predicted octanol–water partition coefficient (Wildman–Crippen LogP) is 0.716. The highest BCUT2D eigenvalue weighted by molar-refractivity contribution is 5.83. The van der Waals surface area contributed by atoms with E-state index in [4.69, 9.17) is 16.2 Å². The summed E-state index contributed by atoms with van der Waals surface area (Å²) < 4.78 is 5.16. The molecule has 0 aromatic heterocycles. The van der Waals surface area contributed by atoms with E-state index in [1.54, 1.807) is 14.0 Å². The summed E-state index contributed by atoms with van der Waals surface area (Å²) in [6, 6.07) is 0.417. The summed E-state index contributed by atoms with van der Waals surface area (Å²) in [7, 11) is 1.72. The fraction of sp³-hybridized carbons (Fsp3) is 0.923. The second kappa shape index (κ2) is 8.45. The van der Waals surface area contributed by atoms with Gasteiger partial charge < -0.3 is 16.2 Å². The molecule has 108 valence electrons. The lowest BCUT2D eigenvalue weighted by Gasteiger charge is -2.27. The highest BCUT2D eigenvalue weighted by atomic mass is 16.5. The highest BCUT2D eigenvalue weighted by Crippen LogP contribution is 2.11. The molecule has 0 aliphatic heterocycles. The third-order valence-electron chi connectivity index (χ3n) is 3.39. The molecule has 0 rings (SSSR count). The van der Waals surface area contributed by atoms with Crippen LogP contribution in [0.5, 0.6) is 0 Å². The SMILES string of the molecule is CCN(CCCCC(C)(N)C(N)=O)C(C)COC. The molecule has 0 radical (unpaired) electrons. The van der Waals surface area contributed by atoms with Gasteiger partial charge in [0.1, 0.15) is 0 Å². The molecule has 2 atom stereocenters. The van der Waals surface area contributed by atoms with Gasteiger partial charge in [-0.05, 0) is 46.2 Å². The van der Waals surface area contributed by atoms with Crippen LogP contribution in [0.2, 0.25) is 0 Å². The molecule has 2 unspecified atom stereocenters. The highest BCUT2D eigenvalue weighted by Gasteiger charge is 2.24. The van der Waals surface area contributed by atoms with Crippen molar-refractivity contribution in [2.24, 2.45) is 11.5 Å². The van der Waals surface area contributed by atoms with Crippen LogP contribution in [0.15, 0.2) is 0 Å². The maximum Gasteiger partial charge on any atom is 0.237 e. The molecule has 5 nitrogen and oxygen atoms in total. The monoisotopic (exact) mass is 259 g/mol. The van der Waals surface area contributed by atoms with Crippen LogP contribution in [-0.4, -0.2) is 49.2 Å². The molecule has 0 spiro atoms. The Morgan fingerprint density at radius 3 is 2.50 bits per heavy atom. The number of methoxy groups -OCH3 is 1. The first-order chi connectivity index (χ1) is 8.35. The first-order valence-corrected chi connectivity index (χ1v) is 6.67. The van der Waals surface area contributed by atoms with Gasteiger partial charge in [0.15, 0.2) is 0 Å². The summed E-state index contributed by atoms with van der Waals surface area (Å²) in [6.45, 7) is 8.73. The molecule has 0 saturated carbocycles. The number of ether oxygens (including phenoxy) is 1. The number of carbonyl (C=O) groups is 1. The topological polar surface area (TPSA) is 81.6 Å². The Kier molecular flexibility index (Phi) is 8.15. The van der Waals surface area contributed by atoms with Gasteiger partial charge in [0, 0.05) is 13.2 Å². The second-order valence-corrected chi connectivity index (χ2v) is 5.17. The molecule has 0 fully saturated rings. The van der Waals surface area contributed by atoms with Gasteiger partial charge in [0.25, 0.3) is 0 Å². The summed E-state index contributed by atoms with van der Waals surface area (Å²) in [6.07, 6.45) is 2.56. The summed E-state index contributed by atoms with van der Waals surface area (Å²) in [5.41, 5.74) is 10.2. The average molecular weight is 259 g/mol. The normalized spacial score (nSPS) is 16.6. The largest absolute Gasteiger partial charge is 0.383 e. The number of hydrogen-bond donors (Lipinski definition) is 2. The van der Waals surface area contributed by atoms with Crippen molar-refractivity contribution in [3.05, 3.63) is 0 Å². The number of hydrogen-bond acceptors (Lipinski definition) is 4. The van der Waals surface area contributed by atoms with E-state index in [2.05, 4.69) is 18.7 Å². The minimum atomic E-state index is -0.880. The summed E-state index contributed by atoms with van der Waals surface area (Å²) >= 11 is 0.